The topological polar surface area (TPSA) is 85.3 Å². The lowest BCUT2D eigenvalue weighted by atomic mass is 9.99. The average molecular weight is 348 g/mol. The minimum absolute atomic E-state index is 0.0877. The van der Waals surface area contributed by atoms with E-state index >= 15 is 0 Å². The van der Waals surface area contributed by atoms with E-state index in [1.807, 2.05) is 16.9 Å². The highest BCUT2D eigenvalue weighted by Crippen LogP contribution is 2.21. The van der Waals surface area contributed by atoms with Crippen LogP contribution in [0, 0.1) is 5.92 Å². The molecule has 2 atom stereocenters. The molecule has 0 bridgehead atoms. The fraction of sp³-hybridized carbons (Fsp3) is 0.722. The summed E-state index contributed by atoms with van der Waals surface area (Å²) in [6.45, 7) is 2.12. The lowest BCUT2D eigenvalue weighted by Crippen LogP contribution is -2.41. The zero-order chi connectivity index (χ0) is 17.5. The summed E-state index contributed by atoms with van der Waals surface area (Å²) in [5.41, 5.74) is 0. The van der Waals surface area contributed by atoms with Crippen molar-refractivity contribution < 1.29 is 14.3 Å². The van der Waals surface area contributed by atoms with Crippen molar-refractivity contribution in [3.63, 3.8) is 0 Å². The van der Waals surface area contributed by atoms with Crippen molar-refractivity contribution >= 4 is 11.8 Å². The summed E-state index contributed by atoms with van der Waals surface area (Å²) in [5.74, 6) is 0.331. The summed E-state index contributed by atoms with van der Waals surface area (Å²) >= 11 is 0. The van der Waals surface area contributed by atoms with Crippen molar-refractivity contribution in [2.75, 3.05) is 13.2 Å². The largest absolute Gasteiger partial charge is 0.381 e. The molecule has 0 spiro atoms. The highest BCUT2D eigenvalue weighted by atomic mass is 16.5. The van der Waals surface area contributed by atoms with Gasteiger partial charge in [-0.1, -0.05) is 0 Å². The van der Waals surface area contributed by atoms with Crippen LogP contribution >= 0.6 is 0 Å². The second kappa shape index (κ2) is 8.99. The van der Waals surface area contributed by atoms with E-state index in [2.05, 4.69) is 15.7 Å². The van der Waals surface area contributed by atoms with Gasteiger partial charge in [0, 0.05) is 56.6 Å². The summed E-state index contributed by atoms with van der Waals surface area (Å²) in [5, 5.41) is 10.4. The predicted molar refractivity (Wildman–Crippen MR) is 92.7 cm³/mol. The van der Waals surface area contributed by atoms with Gasteiger partial charge >= 0.3 is 0 Å². The third-order valence-electron chi connectivity index (χ3n) is 5.09. The second-order valence-electron chi connectivity index (χ2n) is 7.04. The van der Waals surface area contributed by atoms with Crippen LogP contribution in [0.25, 0.3) is 0 Å². The normalized spacial score (nSPS) is 24.2. The first-order valence-electron chi connectivity index (χ1n) is 9.35. The van der Waals surface area contributed by atoms with Gasteiger partial charge in [-0.15, -0.1) is 0 Å². The number of rotatable bonds is 7. The molecule has 7 nitrogen and oxygen atoms in total. The van der Waals surface area contributed by atoms with E-state index in [1.54, 1.807) is 6.20 Å². The van der Waals surface area contributed by atoms with Gasteiger partial charge in [-0.2, -0.15) is 5.10 Å². The predicted octanol–water partition coefficient (Wildman–Crippen LogP) is 1.24. The van der Waals surface area contributed by atoms with Gasteiger partial charge in [-0.25, -0.2) is 0 Å². The minimum atomic E-state index is 0.0877. The molecule has 1 aliphatic heterocycles. The first-order valence-corrected chi connectivity index (χ1v) is 9.35. The number of aryl methyl sites for hydroxylation is 1. The number of carbonyl (C=O) groups is 2. The maximum atomic E-state index is 12.3. The van der Waals surface area contributed by atoms with Crippen molar-refractivity contribution in [1.82, 2.24) is 20.4 Å². The van der Waals surface area contributed by atoms with E-state index in [0.29, 0.717) is 19.6 Å². The lowest BCUT2D eigenvalue weighted by molar-refractivity contribution is -0.128. The molecule has 1 saturated carbocycles. The monoisotopic (exact) mass is 348 g/mol. The van der Waals surface area contributed by atoms with Crippen LogP contribution in [0.2, 0.25) is 0 Å². The molecule has 0 radical (unpaired) electrons. The van der Waals surface area contributed by atoms with Crippen molar-refractivity contribution in [3.05, 3.63) is 18.5 Å². The van der Waals surface area contributed by atoms with Crippen LogP contribution < -0.4 is 10.6 Å². The van der Waals surface area contributed by atoms with Crippen LogP contribution in [-0.4, -0.2) is 46.9 Å². The number of aromatic nitrogens is 2. The van der Waals surface area contributed by atoms with Crippen molar-refractivity contribution in [2.45, 2.75) is 63.6 Å². The molecule has 0 unspecified atom stereocenters. The zero-order valence-electron chi connectivity index (χ0n) is 14.7. The quantitative estimate of drug-likeness (QED) is 0.776. The molecule has 25 heavy (non-hydrogen) atoms. The van der Waals surface area contributed by atoms with Crippen molar-refractivity contribution in [2.24, 2.45) is 5.92 Å². The van der Waals surface area contributed by atoms with Crippen LogP contribution in [0.3, 0.4) is 0 Å². The summed E-state index contributed by atoms with van der Waals surface area (Å²) < 4.78 is 7.14. The molecule has 1 aliphatic carbocycles. The molecular weight excluding hydrogens is 320 g/mol. The Morgan fingerprint density at radius 3 is 2.60 bits per heavy atom. The van der Waals surface area contributed by atoms with Crippen LogP contribution in [0.5, 0.6) is 0 Å². The van der Waals surface area contributed by atoms with Gasteiger partial charge in [0.25, 0.3) is 0 Å². The maximum Gasteiger partial charge on any atom is 0.223 e. The Bertz CT molecular complexity index is 555. The molecule has 2 aliphatic rings. The molecule has 1 saturated heterocycles. The number of amides is 2. The minimum Gasteiger partial charge on any atom is -0.381 e. The number of nitrogens with one attached hydrogen (secondary N) is 2. The van der Waals surface area contributed by atoms with Gasteiger partial charge < -0.3 is 15.4 Å². The number of hydrogen-bond acceptors (Lipinski definition) is 4. The van der Waals surface area contributed by atoms with Gasteiger partial charge in [0.15, 0.2) is 0 Å². The first kappa shape index (κ1) is 17.9. The highest BCUT2D eigenvalue weighted by molar-refractivity contribution is 5.79. The summed E-state index contributed by atoms with van der Waals surface area (Å²) in [4.78, 5) is 24.3. The molecule has 7 heteroatoms. The number of carbonyl (C=O) groups excluding carboxylic acids is 2. The Labute approximate surface area is 148 Å². The van der Waals surface area contributed by atoms with Gasteiger partial charge in [-0.05, 0) is 44.6 Å². The van der Waals surface area contributed by atoms with Crippen LogP contribution in [0.15, 0.2) is 18.5 Å². The molecule has 2 fully saturated rings. The molecule has 138 valence electrons. The van der Waals surface area contributed by atoms with Gasteiger partial charge in [0.1, 0.15) is 0 Å². The third-order valence-corrected chi connectivity index (χ3v) is 5.09. The summed E-state index contributed by atoms with van der Waals surface area (Å²) in [6.07, 6.45) is 9.27. The number of nitrogens with zero attached hydrogens (tertiary/aromatic N) is 2. The number of ether oxygens (including phenoxy) is 1. The van der Waals surface area contributed by atoms with Gasteiger partial charge in [0.2, 0.25) is 11.8 Å². The molecule has 0 aromatic carbocycles. The molecule has 2 heterocycles. The van der Waals surface area contributed by atoms with E-state index in [9.17, 15) is 9.59 Å². The SMILES string of the molecule is O=C(CCCn1cccn1)N[C@H]1CC[C@@H](NC(=O)C2CCOCC2)C1. The summed E-state index contributed by atoms with van der Waals surface area (Å²) in [6, 6.07) is 2.25. The van der Waals surface area contributed by atoms with E-state index in [1.165, 1.54) is 0 Å². The second-order valence-corrected chi connectivity index (χ2v) is 7.04. The average Bonchev–Trinajstić information content (AvgIpc) is 3.28. The van der Waals surface area contributed by atoms with E-state index in [0.717, 1.165) is 45.1 Å². The first-order chi connectivity index (χ1) is 12.2. The number of hydrogen-bond donors (Lipinski definition) is 2. The Kier molecular flexibility index (Phi) is 6.44. The van der Waals surface area contributed by atoms with Crippen LogP contribution in [0.4, 0.5) is 0 Å². The molecule has 2 N–H and O–H groups in total. The Hall–Kier alpha value is -1.89. The van der Waals surface area contributed by atoms with E-state index < -0.39 is 0 Å². The standard InChI is InChI=1S/C18H28N4O3/c23-17(3-1-9-22-10-2-8-19-22)20-15-4-5-16(13-15)21-18(24)14-6-11-25-12-7-14/h2,8,10,14-16H,1,3-7,9,11-13H2,(H,20,23)(H,21,24)/t15-,16+/m0/s1. The van der Waals surface area contributed by atoms with Gasteiger partial charge in [-0.3, -0.25) is 14.3 Å². The lowest BCUT2D eigenvalue weighted by Gasteiger charge is -2.23. The van der Waals surface area contributed by atoms with E-state index in [4.69, 9.17) is 4.74 Å². The fourth-order valence-corrected chi connectivity index (χ4v) is 3.66. The van der Waals surface area contributed by atoms with Crippen LogP contribution in [0.1, 0.15) is 44.9 Å². The highest BCUT2D eigenvalue weighted by Gasteiger charge is 2.29. The smallest absolute Gasteiger partial charge is 0.223 e. The molecule has 2 amide bonds. The Morgan fingerprint density at radius 2 is 1.88 bits per heavy atom. The molecule has 1 aromatic heterocycles. The van der Waals surface area contributed by atoms with E-state index in [-0.39, 0.29) is 29.8 Å². The van der Waals surface area contributed by atoms with Crippen molar-refractivity contribution in [1.29, 1.82) is 0 Å². The zero-order valence-corrected chi connectivity index (χ0v) is 14.7. The maximum absolute atomic E-state index is 12.3. The third kappa shape index (κ3) is 5.56. The fourth-order valence-electron chi connectivity index (χ4n) is 3.66. The molecule has 3 rings (SSSR count). The van der Waals surface area contributed by atoms with Crippen molar-refractivity contribution in [3.8, 4) is 0 Å². The Morgan fingerprint density at radius 1 is 1.12 bits per heavy atom. The van der Waals surface area contributed by atoms with Gasteiger partial charge in [0.05, 0.1) is 0 Å². The summed E-state index contributed by atoms with van der Waals surface area (Å²) in [7, 11) is 0. The molecule has 1 aromatic rings. The molecular formula is C18H28N4O3. The van der Waals surface area contributed by atoms with Crippen LogP contribution in [-0.2, 0) is 20.9 Å². The Balaban J connectivity index is 1.31.